The Balaban J connectivity index is 3.54. The number of carbonyl (C=O) groups is 2. The number of carbonyl (C=O) groups excluding carboxylic acids is 2. The summed E-state index contributed by atoms with van der Waals surface area (Å²) in [5, 5.41) is 8.26. The van der Waals surface area contributed by atoms with Crippen LogP contribution in [-0.2, 0) is 4.79 Å². The maximum atomic E-state index is 11.7. The SMILES string of the molecule is CCC(C)(C)C(=O)NCCCCCNC(=O)N=[N+]=[N-]. The van der Waals surface area contributed by atoms with Gasteiger partial charge >= 0.3 is 6.03 Å². The number of rotatable bonds is 8. The normalized spacial score (nSPS) is 10.5. The molecule has 0 heterocycles. The van der Waals surface area contributed by atoms with E-state index < -0.39 is 6.03 Å². The largest absolute Gasteiger partial charge is 0.356 e. The second kappa shape index (κ2) is 9.22. The van der Waals surface area contributed by atoms with Crippen LogP contribution in [0, 0.1) is 5.41 Å². The van der Waals surface area contributed by atoms with Crippen molar-refractivity contribution in [2.75, 3.05) is 13.1 Å². The summed E-state index contributed by atoms with van der Waals surface area (Å²) < 4.78 is 0. The second-order valence-electron chi connectivity index (χ2n) is 4.98. The summed E-state index contributed by atoms with van der Waals surface area (Å²) in [5.74, 6) is 0.0756. The molecule has 7 nitrogen and oxygen atoms in total. The molecular formula is C12H23N5O2. The lowest BCUT2D eigenvalue weighted by Gasteiger charge is -2.21. The van der Waals surface area contributed by atoms with Gasteiger partial charge in [-0.3, -0.25) is 9.59 Å². The van der Waals surface area contributed by atoms with Crippen molar-refractivity contribution < 1.29 is 9.59 Å². The minimum Gasteiger partial charge on any atom is -0.356 e. The van der Waals surface area contributed by atoms with Crippen molar-refractivity contribution in [2.45, 2.75) is 46.5 Å². The van der Waals surface area contributed by atoms with Gasteiger partial charge < -0.3 is 10.6 Å². The first-order chi connectivity index (χ1) is 8.94. The quantitative estimate of drug-likeness (QED) is 0.306. The number of nitrogens with one attached hydrogen (secondary N) is 2. The molecule has 0 aromatic heterocycles. The molecule has 0 atom stereocenters. The highest BCUT2D eigenvalue weighted by Crippen LogP contribution is 2.19. The van der Waals surface area contributed by atoms with Crippen LogP contribution in [0.15, 0.2) is 5.11 Å². The Hall–Kier alpha value is -1.75. The molecule has 2 N–H and O–H groups in total. The molecule has 3 amide bonds. The summed E-state index contributed by atoms with van der Waals surface area (Å²) in [5.41, 5.74) is 7.69. The summed E-state index contributed by atoms with van der Waals surface area (Å²) >= 11 is 0. The minimum atomic E-state index is -0.652. The second-order valence-corrected chi connectivity index (χ2v) is 4.98. The van der Waals surface area contributed by atoms with Crippen molar-refractivity contribution in [1.29, 1.82) is 0 Å². The highest BCUT2D eigenvalue weighted by atomic mass is 16.2. The van der Waals surface area contributed by atoms with E-state index in [1.54, 1.807) is 0 Å². The van der Waals surface area contributed by atoms with Crippen molar-refractivity contribution in [3.05, 3.63) is 10.4 Å². The summed E-state index contributed by atoms with van der Waals surface area (Å²) in [6, 6.07) is -0.652. The Morgan fingerprint density at radius 2 is 1.74 bits per heavy atom. The predicted molar refractivity (Wildman–Crippen MR) is 73.5 cm³/mol. The number of hydrogen-bond donors (Lipinski definition) is 2. The van der Waals surface area contributed by atoms with Crippen LogP contribution >= 0.6 is 0 Å². The predicted octanol–water partition coefficient (Wildman–Crippen LogP) is 2.73. The smallest absolute Gasteiger partial charge is 0.308 e. The number of hydrogen-bond acceptors (Lipinski definition) is 2. The lowest BCUT2D eigenvalue weighted by Crippen LogP contribution is -2.36. The van der Waals surface area contributed by atoms with Crippen LogP contribution in [0.3, 0.4) is 0 Å². The van der Waals surface area contributed by atoms with Crippen LogP contribution in [0.4, 0.5) is 4.79 Å². The molecule has 0 bridgehead atoms. The van der Waals surface area contributed by atoms with Crippen molar-refractivity contribution in [3.63, 3.8) is 0 Å². The first-order valence-electron chi connectivity index (χ1n) is 6.55. The summed E-state index contributed by atoms with van der Waals surface area (Å²) in [4.78, 5) is 24.9. The molecule has 108 valence electrons. The number of nitrogens with zero attached hydrogens (tertiary/aromatic N) is 3. The summed E-state index contributed by atoms with van der Waals surface area (Å²) in [7, 11) is 0. The van der Waals surface area contributed by atoms with Crippen LogP contribution in [0.5, 0.6) is 0 Å². The fourth-order valence-electron chi connectivity index (χ4n) is 1.30. The van der Waals surface area contributed by atoms with Gasteiger partial charge in [-0.1, -0.05) is 20.8 Å². The highest BCUT2D eigenvalue weighted by molar-refractivity contribution is 5.81. The number of amides is 3. The topological polar surface area (TPSA) is 107 Å². The van der Waals surface area contributed by atoms with Crippen LogP contribution < -0.4 is 10.6 Å². The third-order valence-electron chi connectivity index (χ3n) is 3.05. The zero-order chi connectivity index (χ0) is 14.7. The molecule has 0 aliphatic heterocycles. The number of urea groups is 1. The average molecular weight is 269 g/mol. The molecule has 0 aromatic rings. The van der Waals surface area contributed by atoms with Crippen LogP contribution in [0.1, 0.15) is 46.5 Å². The Bertz CT molecular complexity index is 348. The molecule has 0 radical (unpaired) electrons. The molecule has 0 saturated heterocycles. The van der Waals surface area contributed by atoms with E-state index in [-0.39, 0.29) is 11.3 Å². The van der Waals surface area contributed by atoms with Gasteiger partial charge in [0.25, 0.3) is 0 Å². The zero-order valence-electron chi connectivity index (χ0n) is 11.9. The van der Waals surface area contributed by atoms with E-state index in [4.69, 9.17) is 5.53 Å². The van der Waals surface area contributed by atoms with Gasteiger partial charge in [-0.05, 0) is 31.2 Å². The van der Waals surface area contributed by atoms with Gasteiger partial charge in [0.05, 0.1) is 0 Å². The Morgan fingerprint density at radius 1 is 1.16 bits per heavy atom. The minimum absolute atomic E-state index is 0.0756. The lowest BCUT2D eigenvalue weighted by atomic mass is 9.89. The van der Waals surface area contributed by atoms with Gasteiger partial charge in [0.1, 0.15) is 0 Å². The molecule has 19 heavy (non-hydrogen) atoms. The maximum absolute atomic E-state index is 11.7. The van der Waals surface area contributed by atoms with E-state index in [2.05, 4.69) is 20.7 Å². The van der Waals surface area contributed by atoms with Crippen molar-refractivity contribution in [3.8, 4) is 0 Å². The van der Waals surface area contributed by atoms with Crippen LogP contribution in [0.25, 0.3) is 10.4 Å². The van der Waals surface area contributed by atoms with E-state index in [1.165, 1.54) is 0 Å². The molecule has 0 spiro atoms. The highest BCUT2D eigenvalue weighted by Gasteiger charge is 2.24. The molecular weight excluding hydrogens is 246 g/mol. The maximum Gasteiger partial charge on any atom is 0.308 e. The van der Waals surface area contributed by atoms with Crippen LogP contribution in [-0.4, -0.2) is 25.0 Å². The molecule has 0 unspecified atom stereocenters. The monoisotopic (exact) mass is 269 g/mol. The number of azide groups is 1. The van der Waals surface area contributed by atoms with Gasteiger partial charge in [-0.15, -0.1) is 0 Å². The fraction of sp³-hybridized carbons (Fsp3) is 0.833. The van der Waals surface area contributed by atoms with Crippen molar-refractivity contribution in [2.24, 2.45) is 10.5 Å². The molecule has 0 aromatic carbocycles. The van der Waals surface area contributed by atoms with Gasteiger partial charge in [0, 0.05) is 28.5 Å². The van der Waals surface area contributed by atoms with E-state index in [9.17, 15) is 9.59 Å². The van der Waals surface area contributed by atoms with E-state index in [1.807, 2.05) is 20.8 Å². The third-order valence-corrected chi connectivity index (χ3v) is 3.05. The lowest BCUT2D eigenvalue weighted by molar-refractivity contribution is -0.129. The van der Waals surface area contributed by atoms with Gasteiger partial charge in [-0.25, -0.2) is 0 Å². The average Bonchev–Trinajstić information content (AvgIpc) is 2.37. The summed E-state index contributed by atoms with van der Waals surface area (Å²) in [6.07, 6.45) is 3.36. The first kappa shape index (κ1) is 17.2. The fourth-order valence-corrected chi connectivity index (χ4v) is 1.30. The van der Waals surface area contributed by atoms with Gasteiger partial charge in [0.15, 0.2) is 0 Å². The van der Waals surface area contributed by atoms with E-state index in [0.29, 0.717) is 13.1 Å². The third kappa shape index (κ3) is 8.05. The number of unbranched alkanes of at least 4 members (excludes halogenated alkanes) is 2. The van der Waals surface area contributed by atoms with E-state index >= 15 is 0 Å². The Morgan fingerprint density at radius 3 is 2.26 bits per heavy atom. The van der Waals surface area contributed by atoms with Gasteiger partial charge in [0.2, 0.25) is 5.91 Å². The Labute approximate surface area is 113 Å². The molecule has 0 rings (SSSR count). The first-order valence-corrected chi connectivity index (χ1v) is 6.55. The Kier molecular flexibility index (Phi) is 8.37. The molecule has 0 saturated carbocycles. The van der Waals surface area contributed by atoms with Gasteiger partial charge in [-0.2, -0.15) is 0 Å². The zero-order valence-corrected chi connectivity index (χ0v) is 11.9. The van der Waals surface area contributed by atoms with Crippen molar-refractivity contribution >= 4 is 11.9 Å². The standard InChI is InChI=1S/C12H23N5O2/c1-4-12(2,3)10(18)14-8-6-5-7-9-15-11(19)16-17-13/h4-9H2,1-3H3,(H,14,18)(H,15,19). The summed E-state index contributed by atoms with van der Waals surface area (Å²) in [6.45, 7) is 6.96. The molecule has 0 aliphatic rings. The van der Waals surface area contributed by atoms with Crippen molar-refractivity contribution in [1.82, 2.24) is 10.6 Å². The molecule has 0 aliphatic carbocycles. The molecule has 7 heteroatoms. The van der Waals surface area contributed by atoms with E-state index in [0.717, 1.165) is 25.7 Å². The molecule has 0 fully saturated rings. The van der Waals surface area contributed by atoms with Crippen LogP contribution in [0.2, 0.25) is 0 Å².